The van der Waals surface area contributed by atoms with Crippen molar-refractivity contribution in [3.05, 3.63) is 0 Å². The minimum Gasteiger partial charge on any atom is -0.391 e. The van der Waals surface area contributed by atoms with E-state index in [1.807, 2.05) is 13.8 Å². The molecule has 0 saturated heterocycles. The molecule has 0 spiro atoms. The Morgan fingerprint density at radius 2 is 1.76 bits per heavy atom. The molecule has 3 unspecified atom stereocenters. The van der Waals surface area contributed by atoms with E-state index in [2.05, 4.69) is 5.32 Å². The highest BCUT2D eigenvalue weighted by Gasteiger charge is 2.38. The van der Waals surface area contributed by atoms with Crippen molar-refractivity contribution in [2.75, 3.05) is 0 Å². The van der Waals surface area contributed by atoms with Crippen molar-refractivity contribution in [1.82, 2.24) is 5.32 Å². The number of rotatable bonds is 5. The van der Waals surface area contributed by atoms with Gasteiger partial charge in [0.1, 0.15) is 0 Å². The maximum absolute atomic E-state index is 12.7. The predicted molar refractivity (Wildman–Crippen MR) is 91.0 cm³/mol. The molecule has 3 nitrogen and oxygen atoms in total. The Morgan fingerprint density at radius 1 is 1.14 bits per heavy atom. The summed E-state index contributed by atoms with van der Waals surface area (Å²) in [7, 11) is 0. The molecule has 1 amide bonds. The number of amides is 1. The van der Waals surface area contributed by atoms with Gasteiger partial charge in [-0.3, -0.25) is 4.79 Å². The summed E-state index contributed by atoms with van der Waals surface area (Å²) in [6.07, 6.45) is 10.3. The topological polar surface area (TPSA) is 55.1 Å². The van der Waals surface area contributed by atoms with E-state index in [0.717, 1.165) is 37.5 Å². The maximum Gasteiger partial charge on any atom is 0.223 e. The Hall–Kier alpha value is -0.640. The number of nitrogens with one attached hydrogen (secondary N) is 1. The van der Waals surface area contributed by atoms with Gasteiger partial charge in [-0.05, 0) is 43.9 Å². The van der Waals surface area contributed by atoms with Gasteiger partial charge in [-0.15, -0.1) is 0 Å². The van der Waals surface area contributed by atoms with Crippen LogP contribution in [0.1, 0.15) is 71.6 Å². The Balaban J connectivity index is 1.98. The van der Waals surface area contributed by atoms with Gasteiger partial charge in [0.25, 0.3) is 0 Å². The number of hydrogen-bond donors (Lipinski definition) is 2. The van der Waals surface area contributed by atoms with E-state index in [0.29, 0.717) is 4.99 Å². The fourth-order valence-electron chi connectivity index (χ4n) is 4.29. The summed E-state index contributed by atoms with van der Waals surface area (Å²) in [6.45, 7) is 4.09. The molecular formula is C17H30N2OS. The third-order valence-corrected chi connectivity index (χ3v) is 6.34. The van der Waals surface area contributed by atoms with Crippen LogP contribution in [-0.2, 0) is 4.79 Å². The van der Waals surface area contributed by atoms with Crippen molar-refractivity contribution in [2.45, 2.75) is 77.2 Å². The molecule has 2 aliphatic rings. The molecule has 2 saturated carbocycles. The zero-order valence-electron chi connectivity index (χ0n) is 13.5. The molecule has 21 heavy (non-hydrogen) atoms. The molecule has 3 atom stereocenters. The second-order valence-electron chi connectivity index (χ2n) is 6.96. The van der Waals surface area contributed by atoms with Gasteiger partial charge in [0.2, 0.25) is 5.91 Å². The molecule has 0 bridgehead atoms. The van der Waals surface area contributed by atoms with Gasteiger partial charge in [0.05, 0.1) is 10.5 Å². The predicted octanol–water partition coefficient (Wildman–Crippen LogP) is 3.55. The summed E-state index contributed by atoms with van der Waals surface area (Å²) in [6, 6.07) is 0. The first-order valence-electron chi connectivity index (χ1n) is 8.64. The van der Waals surface area contributed by atoms with Crippen LogP contribution >= 0.6 is 12.2 Å². The Morgan fingerprint density at radius 3 is 2.33 bits per heavy atom. The summed E-state index contributed by atoms with van der Waals surface area (Å²) in [5.74, 6) is 1.98. The SMILES string of the molecule is CCC(CC)(NC(=O)C1CCC2CCCCC2C1)C(N)=S. The van der Waals surface area contributed by atoms with Crippen LogP contribution in [-0.4, -0.2) is 16.4 Å². The maximum atomic E-state index is 12.7. The van der Waals surface area contributed by atoms with Crippen LogP contribution < -0.4 is 11.1 Å². The number of carbonyl (C=O) groups excluding carboxylic acids is 1. The van der Waals surface area contributed by atoms with Crippen LogP contribution in [0.25, 0.3) is 0 Å². The van der Waals surface area contributed by atoms with Gasteiger partial charge in [-0.25, -0.2) is 0 Å². The lowest BCUT2D eigenvalue weighted by molar-refractivity contribution is -0.128. The van der Waals surface area contributed by atoms with Gasteiger partial charge in [-0.2, -0.15) is 0 Å². The van der Waals surface area contributed by atoms with Gasteiger partial charge in [-0.1, -0.05) is 51.7 Å². The molecule has 4 heteroatoms. The quantitative estimate of drug-likeness (QED) is 0.764. The lowest BCUT2D eigenvalue weighted by atomic mass is 9.67. The number of hydrogen-bond acceptors (Lipinski definition) is 2. The van der Waals surface area contributed by atoms with Crippen molar-refractivity contribution >= 4 is 23.1 Å². The number of nitrogens with two attached hydrogens (primary N) is 1. The van der Waals surface area contributed by atoms with E-state index in [4.69, 9.17) is 18.0 Å². The van der Waals surface area contributed by atoms with E-state index in [1.54, 1.807) is 0 Å². The number of thiocarbonyl (C=S) groups is 1. The Kier molecular flexibility index (Phi) is 5.64. The summed E-state index contributed by atoms with van der Waals surface area (Å²) in [4.78, 5) is 13.1. The van der Waals surface area contributed by atoms with Crippen molar-refractivity contribution < 1.29 is 4.79 Å². The molecule has 0 aromatic heterocycles. The van der Waals surface area contributed by atoms with Crippen molar-refractivity contribution in [1.29, 1.82) is 0 Å². The summed E-state index contributed by atoms with van der Waals surface area (Å²) in [5.41, 5.74) is 5.40. The highest BCUT2D eigenvalue weighted by atomic mass is 32.1. The van der Waals surface area contributed by atoms with Crippen molar-refractivity contribution in [2.24, 2.45) is 23.5 Å². The zero-order valence-corrected chi connectivity index (χ0v) is 14.3. The highest BCUT2D eigenvalue weighted by Crippen LogP contribution is 2.42. The van der Waals surface area contributed by atoms with Crippen LogP contribution in [0.3, 0.4) is 0 Å². The Bertz CT molecular complexity index is 392. The van der Waals surface area contributed by atoms with Gasteiger partial charge in [0.15, 0.2) is 0 Å². The molecule has 0 aromatic carbocycles. The van der Waals surface area contributed by atoms with E-state index < -0.39 is 5.54 Å². The zero-order chi connectivity index (χ0) is 15.5. The summed E-state index contributed by atoms with van der Waals surface area (Å²) < 4.78 is 0. The lowest BCUT2D eigenvalue weighted by Gasteiger charge is -2.40. The smallest absolute Gasteiger partial charge is 0.223 e. The minimum atomic E-state index is -0.490. The lowest BCUT2D eigenvalue weighted by Crippen LogP contribution is -2.57. The molecule has 3 N–H and O–H groups in total. The fourth-order valence-corrected chi connectivity index (χ4v) is 4.63. The summed E-state index contributed by atoms with van der Waals surface area (Å²) in [5, 5.41) is 3.19. The fraction of sp³-hybridized carbons (Fsp3) is 0.882. The third-order valence-electron chi connectivity index (χ3n) is 5.95. The molecule has 0 aromatic rings. The van der Waals surface area contributed by atoms with Crippen molar-refractivity contribution in [3.8, 4) is 0 Å². The average Bonchev–Trinajstić information content (AvgIpc) is 2.51. The van der Waals surface area contributed by atoms with Crippen LogP contribution in [0.5, 0.6) is 0 Å². The second kappa shape index (κ2) is 7.08. The molecule has 0 aliphatic heterocycles. The molecule has 2 fully saturated rings. The standard InChI is InChI=1S/C17H30N2OS/c1-3-17(4-2,16(18)21)19-15(20)14-10-9-12-7-5-6-8-13(12)11-14/h12-14H,3-11H2,1-2H3,(H2,18,21)(H,19,20). The van der Waals surface area contributed by atoms with Gasteiger partial charge < -0.3 is 11.1 Å². The molecular weight excluding hydrogens is 280 g/mol. The molecule has 0 radical (unpaired) electrons. The van der Waals surface area contributed by atoms with Crippen LogP contribution in [0.2, 0.25) is 0 Å². The summed E-state index contributed by atoms with van der Waals surface area (Å²) >= 11 is 5.20. The average molecular weight is 311 g/mol. The van der Waals surface area contributed by atoms with Gasteiger partial charge in [0, 0.05) is 5.92 Å². The Labute approximate surface area is 134 Å². The number of carbonyl (C=O) groups is 1. The van der Waals surface area contributed by atoms with Gasteiger partial charge >= 0.3 is 0 Å². The van der Waals surface area contributed by atoms with Crippen LogP contribution in [0.4, 0.5) is 0 Å². The van der Waals surface area contributed by atoms with E-state index in [1.165, 1.54) is 32.1 Å². The second-order valence-corrected chi connectivity index (χ2v) is 7.40. The van der Waals surface area contributed by atoms with E-state index in [-0.39, 0.29) is 11.8 Å². The molecule has 120 valence electrons. The van der Waals surface area contributed by atoms with Crippen molar-refractivity contribution in [3.63, 3.8) is 0 Å². The minimum absolute atomic E-state index is 0.163. The largest absolute Gasteiger partial charge is 0.391 e. The van der Waals surface area contributed by atoms with Crippen LogP contribution in [0.15, 0.2) is 0 Å². The molecule has 2 rings (SSSR count). The monoisotopic (exact) mass is 310 g/mol. The van der Waals surface area contributed by atoms with E-state index in [9.17, 15) is 4.79 Å². The molecule has 2 aliphatic carbocycles. The third kappa shape index (κ3) is 3.58. The first kappa shape index (κ1) is 16.7. The van der Waals surface area contributed by atoms with E-state index >= 15 is 0 Å². The number of fused-ring (bicyclic) bond motifs is 1. The molecule has 0 heterocycles. The first-order valence-corrected chi connectivity index (χ1v) is 9.05. The van der Waals surface area contributed by atoms with Crippen LogP contribution in [0, 0.1) is 17.8 Å². The normalized spacial score (nSPS) is 29.5. The highest BCUT2D eigenvalue weighted by molar-refractivity contribution is 7.80. The first-order chi connectivity index (χ1) is 10.0.